The smallest absolute Gasteiger partial charge is 0.340 e. The summed E-state index contributed by atoms with van der Waals surface area (Å²) in [5.41, 5.74) is 8.14. The highest BCUT2D eigenvalue weighted by molar-refractivity contribution is 6.01. The van der Waals surface area contributed by atoms with Crippen LogP contribution < -0.4 is 5.73 Å². The third-order valence-electron chi connectivity index (χ3n) is 2.89. The fourth-order valence-corrected chi connectivity index (χ4v) is 1.84. The van der Waals surface area contributed by atoms with Crippen LogP contribution in [0.3, 0.4) is 0 Å². The molecule has 0 bridgehead atoms. The number of carbonyl (C=O) groups is 2. The summed E-state index contributed by atoms with van der Waals surface area (Å²) in [4.78, 5) is 23.5. The average molecular weight is 303 g/mol. The molecule has 1 aromatic rings. The van der Waals surface area contributed by atoms with Crippen LogP contribution in [0.25, 0.3) is 5.70 Å². The molecule has 0 spiro atoms. The molecule has 0 atom stereocenters. The number of rotatable bonds is 6. The standard InChI is InChI=1S/C17H21NO4/c1-4-21-15(19)11-10-14(17(20)22-5-2)16(18)13-9-7-6-8-12(13)3/h6-11H,4-5,18H2,1-3H3. The minimum absolute atomic E-state index is 0.129. The van der Waals surface area contributed by atoms with Gasteiger partial charge in [0.25, 0.3) is 0 Å². The molecule has 0 saturated carbocycles. The summed E-state index contributed by atoms with van der Waals surface area (Å²) in [5, 5.41) is 0. The Hall–Kier alpha value is -2.56. The number of ether oxygens (including phenoxy) is 2. The van der Waals surface area contributed by atoms with E-state index in [1.807, 2.05) is 31.2 Å². The number of aryl methyl sites for hydroxylation is 1. The summed E-state index contributed by atoms with van der Waals surface area (Å²) in [6.07, 6.45) is 2.50. The number of hydrogen-bond acceptors (Lipinski definition) is 5. The van der Waals surface area contributed by atoms with E-state index in [0.29, 0.717) is 0 Å². The first-order chi connectivity index (χ1) is 10.5. The quantitative estimate of drug-likeness (QED) is 0.496. The first-order valence-corrected chi connectivity index (χ1v) is 7.08. The van der Waals surface area contributed by atoms with Gasteiger partial charge in [-0.1, -0.05) is 24.3 Å². The summed E-state index contributed by atoms with van der Waals surface area (Å²) in [7, 11) is 0. The molecule has 22 heavy (non-hydrogen) atoms. The Balaban J connectivity index is 3.24. The summed E-state index contributed by atoms with van der Waals surface area (Å²) in [6.45, 7) is 5.77. The van der Waals surface area contributed by atoms with Gasteiger partial charge in [0.1, 0.15) is 0 Å². The van der Waals surface area contributed by atoms with Gasteiger partial charge in [-0.05, 0) is 32.4 Å². The van der Waals surface area contributed by atoms with Crippen molar-refractivity contribution in [1.82, 2.24) is 0 Å². The van der Waals surface area contributed by atoms with E-state index in [1.54, 1.807) is 13.8 Å². The molecule has 0 aliphatic heterocycles. The Morgan fingerprint density at radius 2 is 1.73 bits per heavy atom. The van der Waals surface area contributed by atoms with Crippen molar-refractivity contribution < 1.29 is 19.1 Å². The van der Waals surface area contributed by atoms with Crippen LogP contribution in [0.4, 0.5) is 0 Å². The van der Waals surface area contributed by atoms with E-state index in [1.165, 1.54) is 12.2 Å². The summed E-state index contributed by atoms with van der Waals surface area (Å²) < 4.78 is 9.80. The van der Waals surface area contributed by atoms with Crippen LogP contribution in [0.2, 0.25) is 0 Å². The average Bonchev–Trinajstić information content (AvgIpc) is 2.48. The third kappa shape index (κ3) is 4.77. The molecular formula is C17H21NO4. The number of carbonyl (C=O) groups excluding carboxylic acids is 2. The zero-order valence-corrected chi connectivity index (χ0v) is 13.1. The second-order valence-electron chi connectivity index (χ2n) is 4.45. The highest BCUT2D eigenvalue weighted by Gasteiger charge is 2.15. The molecule has 1 aromatic carbocycles. The van der Waals surface area contributed by atoms with E-state index in [0.717, 1.165) is 11.1 Å². The van der Waals surface area contributed by atoms with Crippen LogP contribution in [-0.2, 0) is 19.1 Å². The number of hydrogen-bond donors (Lipinski definition) is 1. The van der Waals surface area contributed by atoms with Gasteiger partial charge in [0, 0.05) is 11.6 Å². The molecule has 0 unspecified atom stereocenters. The predicted octanol–water partition coefficient (Wildman–Crippen LogP) is 2.35. The van der Waals surface area contributed by atoms with Gasteiger partial charge in [-0.25, -0.2) is 9.59 Å². The van der Waals surface area contributed by atoms with Crippen molar-refractivity contribution in [2.45, 2.75) is 20.8 Å². The normalized spacial score (nSPS) is 12.0. The fourth-order valence-electron chi connectivity index (χ4n) is 1.84. The molecule has 0 aliphatic rings. The first kappa shape index (κ1) is 17.5. The van der Waals surface area contributed by atoms with Crippen molar-refractivity contribution >= 4 is 17.6 Å². The molecule has 2 N–H and O–H groups in total. The topological polar surface area (TPSA) is 78.6 Å². The van der Waals surface area contributed by atoms with Crippen molar-refractivity contribution in [3.8, 4) is 0 Å². The van der Waals surface area contributed by atoms with Gasteiger partial charge in [0.2, 0.25) is 0 Å². The Bertz CT molecular complexity index is 602. The Morgan fingerprint density at radius 3 is 2.32 bits per heavy atom. The molecule has 0 saturated heterocycles. The maximum atomic E-state index is 12.1. The van der Waals surface area contributed by atoms with Gasteiger partial charge in [-0.2, -0.15) is 0 Å². The molecule has 0 aromatic heterocycles. The van der Waals surface area contributed by atoms with Crippen LogP contribution in [0.15, 0.2) is 42.0 Å². The summed E-state index contributed by atoms with van der Waals surface area (Å²) in [6, 6.07) is 7.40. The molecule has 0 heterocycles. The van der Waals surface area contributed by atoms with Gasteiger partial charge >= 0.3 is 11.9 Å². The van der Waals surface area contributed by atoms with Crippen molar-refractivity contribution in [3.05, 3.63) is 53.1 Å². The first-order valence-electron chi connectivity index (χ1n) is 7.08. The van der Waals surface area contributed by atoms with Crippen LogP contribution in [-0.4, -0.2) is 25.2 Å². The maximum Gasteiger partial charge on any atom is 0.340 e. The van der Waals surface area contributed by atoms with Crippen LogP contribution in [0.5, 0.6) is 0 Å². The Labute approximate surface area is 130 Å². The minimum atomic E-state index is -0.580. The molecule has 5 heteroatoms. The Kier molecular flexibility index (Phi) is 6.89. The maximum absolute atomic E-state index is 12.1. The van der Waals surface area contributed by atoms with E-state index < -0.39 is 11.9 Å². The molecule has 118 valence electrons. The highest BCUT2D eigenvalue weighted by Crippen LogP contribution is 2.19. The van der Waals surface area contributed by atoms with E-state index in [2.05, 4.69) is 0 Å². The van der Waals surface area contributed by atoms with Gasteiger partial charge < -0.3 is 15.2 Å². The molecule has 0 fully saturated rings. The molecule has 0 radical (unpaired) electrons. The SMILES string of the molecule is CCOC(=O)C=CC(C(=O)OCC)=C(N)c1ccccc1C. The van der Waals surface area contributed by atoms with Gasteiger partial charge in [-0.15, -0.1) is 0 Å². The second kappa shape index (κ2) is 8.67. The largest absolute Gasteiger partial charge is 0.463 e. The van der Waals surface area contributed by atoms with Crippen molar-refractivity contribution in [2.75, 3.05) is 13.2 Å². The van der Waals surface area contributed by atoms with E-state index in [-0.39, 0.29) is 24.5 Å². The molecule has 5 nitrogen and oxygen atoms in total. The molecule has 0 amide bonds. The van der Waals surface area contributed by atoms with Gasteiger partial charge in [-0.3, -0.25) is 0 Å². The lowest BCUT2D eigenvalue weighted by Gasteiger charge is -2.10. The zero-order chi connectivity index (χ0) is 16.5. The zero-order valence-electron chi connectivity index (χ0n) is 13.1. The lowest BCUT2D eigenvalue weighted by molar-refractivity contribution is -0.138. The fraction of sp³-hybridized carbons (Fsp3) is 0.294. The minimum Gasteiger partial charge on any atom is -0.463 e. The summed E-state index contributed by atoms with van der Waals surface area (Å²) >= 11 is 0. The Morgan fingerprint density at radius 1 is 1.09 bits per heavy atom. The molecule has 1 rings (SSSR count). The van der Waals surface area contributed by atoms with E-state index in [4.69, 9.17) is 15.2 Å². The molecule has 0 aliphatic carbocycles. The number of nitrogens with two attached hydrogens (primary N) is 1. The highest BCUT2D eigenvalue weighted by atomic mass is 16.5. The monoisotopic (exact) mass is 303 g/mol. The van der Waals surface area contributed by atoms with E-state index in [9.17, 15) is 9.59 Å². The lowest BCUT2D eigenvalue weighted by atomic mass is 10.0. The van der Waals surface area contributed by atoms with E-state index >= 15 is 0 Å². The van der Waals surface area contributed by atoms with Crippen LogP contribution >= 0.6 is 0 Å². The lowest BCUT2D eigenvalue weighted by Crippen LogP contribution is -2.13. The second-order valence-corrected chi connectivity index (χ2v) is 4.45. The van der Waals surface area contributed by atoms with Gasteiger partial charge in [0.15, 0.2) is 0 Å². The van der Waals surface area contributed by atoms with Crippen molar-refractivity contribution in [3.63, 3.8) is 0 Å². The third-order valence-corrected chi connectivity index (χ3v) is 2.89. The van der Waals surface area contributed by atoms with Crippen molar-refractivity contribution in [2.24, 2.45) is 5.73 Å². The van der Waals surface area contributed by atoms with Crippen molar-refractivity contribution in [1.29, 1.82) is 0 Å². The molecular weight excluding hydrogens is 282 g/mol. The van der Waals surface area contributed by atoms with Crippen LogP contribution in [0.1, 0.15) is 25.0 Å². The van der Waals surface area contributed by atoms with Gasteiger partial charge in [0.05, 0.1) is 24.5 Å². The van der Waals surface area contributed by atoms with Crippen LogP contribution in [0, 0.1) is 6.92 Å². The number of esters is 2. The number of benzene rings is 1. The summed E-state index contributed by atoms with van der Waals surface area (Å²) in [5.74, 6) is -1.12. The predicted molar refractivity (Wildman–Crippen MR) is 84.7 cm³/mol.